The fourth-order valence-corrected chi connectivity index (χ4v) is 8.83. The van der Waals surface area contributed by atoms with E-state index < -0.39 is 6.10 Å². The number of unbranched alkanes of at least 4 members (excludes halogenated alkanes) is 38. The highest BCUT2D eigenvalue weighted by Gasteiger charge is 2.19. The van der Waals surface area contributed by atoms with Crippen molar-refractivity contribution in [3.63, 3.8) is 0 Å². The van der Waals surface area contributed by atoms with Crippen LogP contribution in [0.15, 0.2) is 60.8 Å². The maximum Gasteiger partial charge on any atom is 0.306 e. The van der Waals surface area contributed by atoms with Gasteiger partial charge < -0.3 is 14.2 Å². The highest BCUT2D eigenvalue weighted by molar-refractivity contribution is 5.71. The molecule has 0 aliphatic carbocycles. The van der Waals surface area contributed by atoms with Crippen molar-refractivity contribution in [2.45, 2.75) is 316 Å². The summed E-state index contributed by atoms with van der Waals surface area (Å²) in [5, 5.41) is 0. The largest absolute Gasteiger partial charge is 0.462 e. The summed E-state index contributed by atoms with van der Waals surface area (Å²) in [7, 11) is 0. The van der Waals surface area contributed by atoms with Gasteiger partial charge in [-0.3, -0.25) is 14.4 Å². The van der Waals surface area contributed by atoms with Crippen molar-refractivity contribution in [3.05, 3.63) is 60.8 Å². The standard InChI is InChI=1S/C64H114O6/c1-4-7-10-13-16-19-22-25-28-30-32-34-36-39-42-45-48-51-54-57-63(66)69-60-61(59-68-62(65)56-53-50-47-44-41-38-35-27-24-21-18-15-12-9-6-3)70-64(67)58-55-52-49-46-43-40-37-33-31-29-26-23-20-17-14-11-8-5-2/h11,14,17,20,23,26,29,31,33,37,61H,4-10,12-13,15-16,18-19,21-22,24-25,27-28,30,32,34-36,38-60H2,1-3H3/b14-11-,20-17-,26-23-,31-29-,37-33-. The molecule has 0 aromatic rings. The highest BCUT2D eigenvalue weighted by Crippen LogP contribution is 2.17. The molecule has 70 heavy (non-hydrogen) atoms. The first kappa shape index (κ1) is 67.1. The van der Waals surface area contributed by atoms with Gasteiger partial charge in [-0.15, -0.1) is 0 Å². The molecule has 0 radical (unpaired) electrons. The first-order valence-electron chi connectivity index (χ1n) is 30.4. The zero-order valence-electron chi connectivity index (χ0n) is 46.5. The van der Waals surface area contributed by atoms with Crippen molar-refractivity contribution in [1.29, 1.82) is 0 Å². The average Bonchev–Trinajstić information content (AvgIpc) is 3.36. The summed E-state index contributed by atoms with van der Waals surface area (Å²) in [5.41, 5.74) is 0. The van der Waals surface area contributed by atoms with Gasteiger partial charge in [-0.25, -0.2) is 0 Å². The van der Waals surface area contributed by atoms with Crippen LogP contribution >= 0.6 is 0 Å². The fourth-order valence-electron chi connectivity index (χ4n) is 8.83. The van der Waals surface area contributed by atoms with E-state index in [2.05, 4.69) is 57.2 Å². The van der Waals surface area contributed by atoms with Crippen LogP contribution in [-0.2, 0) is 28.6 Å². The molecule has 0 rings (SSSR count). The molecule has 0 heterocycles. The van der Waals surface area contributed by atoms with Crippen LogP contribution in [0.25, 0.3) is 0 Å². The van der Waals surface area contributed by atoms with E-state index in [-0.39, 0.29) is 31.1 Å². The number of ether oxygens (including phenoxy) is 3. The molecule has 0 saturated heterocycles. The van der Waals surface area contributed by atoms with Gasteiger partial charge >= 0.3 is 17.9 Å². The molecule has 0 aromatic carbocycles. The molecule has 6 nitrogen and oxygen atoms in total. The predicted molar refractivity (Wildman–Crippen MR) is 302 cm³/mol. The van der Waals surface area contributed by atoms with Crippen LogP contribution in [0.2, 0.25) is 0 Å². The molecule has 0 amide bonds. The van der Waals surface area contributed by atoms with E-state index in [1.165, 1.54) is 186 Å². The van der Waals surface area contributed by atoms with Gasteiger partial charge in [-0.2, -0.15) is 0 Å². The van der Waals surface area contributed by atoms with Gasteiger partial charge in [0.15, 0.2) is 6.10 Å². The smallest absolute Gasteiger partial charge is 0.306 e. The SMILES string of the molecule is CCC\C=C/C=C\C=C/C=C\C=C/CCCCCCCC(=O)OC(COC(=O)CCCCCCCCCCCCCCCCC)COC(=O)CCCCCCCCCCCCCCCCCCCCC. The van der Waals surface area contributed by atoms with E-state index in [4.69, 9.17) is 14.2 Å². The van der Waals surface area contributed by atoms with Crippen LogP contribution in [-0.4, -0.2) is 37.2 Å². The number of carbonyl (C=O) groups is 3. The minimum absolute atomic E-state index is 0.0807. The van der Waals surface area contributed by atoms with Crippen LogP contribution in [0.4, 0.5) is 0 Å². The van der Waals surface area contributed by atoms with Crippen LogP contribution in [0.1, 0.15) is 310 Å². The second kappa shape index (κ2) is 58.7. The molecule has 0 fully saturated rings. The molecule has 0 bridgehead atoms. The molecule has 0 aliphatic rings. The summed E-state index contributed by atoms with van der Waals surface area (Å²) in [5.74, 6) is -0.887. The predicted octanol–water partition coefficient (Wildman–Crippen LogP) is 20.4. The van der Waals surface area contributed by atoms with Crippen molar-refractivity contribution >= 4 is 17.9 Å². The number of hydrogen-bond donors (Lipinski definition) is 0. The summed E-state index contributed by atoms with van der Waals surface area (Å²) < 4.78 is 16.9. The van der Waals surface area contributed by atoms with E-state index in [1.54, 1.807) is 0 Å². The highest BCUT2D eigenvalue weighted by atomic mass is 16.6. The van der Waals surface area contributed by atoms with Crippen LogP contribution in [0.3, 0.4) is 0 Å². The molecule has 0 spiro atoms. The lowest BCUT2D eigenvalue weighted by Crippen LogP contribution is -2.30. The lowest BCUT2D eigenvalue weighted by Gasteiger charge is -2.18. The Bertz CT molecular complexity index is 1260. The average molecular weight is 980 g/mol. The Morgan fingerprint density at radius 2 is 0.543 bits per heavy atom. The molecule has 1 atom stereocenters. The van der Waals surface area contributed by atoms with Crippen LogP contribution in [0.5, 0.6) is 0 Å². The van der Waals surface area contributed by atoms with E-state index in [0.717, 1.165) is 83.5 Å². The zero-order valence-corrected chi connectivity index (χ0v) is 46.5. The first-order valence-corrected chi connectivity index (χ1v) is 30.4. The minimum Gasteiger partial charge on any atom is -0.462 e. The maximum atomic E-state index is 12.9. The Balaban J connectivity index is 4.39. The molecule has 0 saturated carbocycles. The van der Waals surface area contributed by atoms with Crippen LogP contribution in [0, 0.1) is 0 Å². The number of esters is 3. The normalized spacial score (nSPS) is 12.4. The Morgan fingerprint density at radius 3 is 0.857 bits per heavy atom. The summed E-state index contributed by atoms with van der Waals surface area (Å²) in [4.78, 5) is 38.2. The lowest BCUT2D eigenvalue weighted by molar-refractivity contribution is -0.167. The van der Waals surface area contributed by atoms with Crippen molar-refractivity contribution in [1.82, 2.24) is 0 Å². The molecule has 406 valence electrons. The Labute approximate surface area is 434 Å². The second-order valence-electron chi connectivity index (χ2n) is 20.4. The van der Waals surface area contributed by atoms with E-state index in [9.17, 15) is 14.4 Å². The summed E-state index contributed by atoms with van der Waals surface area (Å²) in [6.07, 6.45) is 73.5. The van der Waals surface area contributed by atoms with E-state index >= 15 is 0 Å². The molecule has 0 aliphatic heterocycles. The molecular weight excluding hydrogens is 865 g/mol. The van der Waals surface area contributed by atoms with Gasteiger partial charge in [0.25, 0.3) is 0 Å². The molecule has 1 unspecified atom stereocenters. The van der Waals surface area contributed by atoms with Gasteiger partial charge in [0.1, 0.15) is 13.2 Å². The Morgan fingerprint density at radius 1 is 0.286 bits per heavy atom. The van der Waals surface area contributed by atoms with E-state index in [1.807, 2.05) is 24.3 Å². The fraction of sp³-hybridized carbons (Fsp3) is 0.797. The topological polar surface area (TPSA) is 78.9 Å². The van der Waals surface area contributed by atoms with Gasteiger partial charge in [0.2, 0.25) is 0 Å². The molecular formula is C64H114O6. The van der Waals surface area contributed by atoms with E-state index in [0.29, 0.717) is 19.3 Å². The third-order valence-electron chi connectivity index (χ3n) is 13.4. The number of hydrogen-bond acceptors (Lipinski definition) is 6. The van der Waals surface area contributed by atoms with Gasteiger partial charge in [-0.1, -0.05) is 313 Å². The summed E-state index contributed by atoms with van der Waals surface area (Å²) in [6, 6.07) is 0. The zero-order chi connectivity index (χ0) is 50.7. The third-order valence-corrected chi connectivity index (χ3v) is 13.4. The van der Waals surface area contributed by atoms with Crippen molar-refractivity contribution in [3.8, 4) is 0 Å². The Kier molecular flexibility index (Phi) is 56.3. The molecule has 6 heteroatoms. The quantitative estimate of drug-likeness (QED) is 0.0261. The number of allylic oxidation sites excluding steroid dienone is 10. The Hall–Kier alpha value is -2.89. The second-order valence-corrected chi connectivity index (χ2v) is 20.4. The number of carbonyl (C=O) groups excluding carboxylic acids is 3. The summed E-state index contributed by atoms with van der Waals surface area (Å²) >= 11 is 0. The number of rotatable bonds is 55. The monoisotopic (exact) mass is 979 g/mol. The molecule has 0 N–H and O–H groups in total. The summed E-state index contributed by atoms with van der Waals surface area (Å²) in [6.45, 7) is 6.58. The molecule has 0 aromatic heterocycles. The third kappa shape index (κ3) is 56.0. The van der Waals surface area contributed by atoms with Crippen LogP contribution < -0.4 is 0 Å². The minimum atomic E-state index is -0.785. The maximum absolute atomic E-state index is 12.9. The van der Waals surface area contributed by atoms with Crippen molar-refractivity contribution < 1.29 is 28.6 Å². The first-order chi connectivity index (χ1) is 34.5. The van der Waals surface area contributed by atoms with Crippen molar-refractivity contribution in [2.75, 3.05) is 13.2 Å². The lowest BCUT2D eigenvalue weighted by atomic mass is 10.0. The van der Waals surface area contributed by atoms with Gasteiger partial charge in [-0.05, 0) is 38.5 Å². The van der Waals surface area contributed by atoms with Crippen molar-refractivity contribution in [2.24, 2.45) is 0 Å². The van der Waals surface area contributed by atoms with Gasteiger partial charge in [0.05, 0.1) is 0 Å². The van der Waals surface area contributed by atoms with Gasteiger partial charge in [0, 0.05) is 19.3 Å².